The van der Waals surface area contributed by atoms with Crippen LogP contribution in [-0.4, -0.2) is 38.7 Å². The predicted molar refractivity (Wildman–Crippen MR) is 79.5 cm³/mol. The van der Waals surface area contributed by atoms with Crippen LogP contribution in [0.2, 0.25) is 0 Å². The third kappa shape index (κ3) is 5.38. The molecule has 4 nitrogen and oxygen atoms in total. The van der Waals surface area contributed by atoms with Gasteiger partial charge in [0, 0.05) is 25.9 Å². The summed E-state index contributed by atoms with van der Waals surface area (Å²) in [6, 6.07) is 4.90. The number of aliphatic imine (C=N–C) groups is 1. The van der Waals surface area contributed by atoms with Crippen molar-refractivity contribution in [1.29, 1.82) is 0 Å². The zero-order valence-corrected chi connectivity index (χ0v) is 12.3. The van der Waals surface area contributed by atoms with E-state index in [1.165, 1.54) is 13.2 Å². The first-order chi connectivity index (χ1) is 9.21. The van der Waals surface area contributed by atoms with E-state index in [4.69, 9.17) is 4.74 Å². The second kappa shape index (κ2) is 8.63. The van der Waals surface area contributed by atoms with Gasteiger partial charge in [0.15, 0.2) is 17.5 Å². The Morgan fingerprint density at radius 2 is 2.21 bits per heavy atom. The molecule has 19 heavy (non-hydrogen) atoms. The number of nitrogens with zero attached hydrogens (tertiary/aromatic N) is 1. The molecule has 0 bridgehead atoms. The monoisotopic (exact) mass is 285 g/mol. The molecule has 0 radical (unpaired) electrons. The van der Waals surface area contributed by atoms with Crippen molar-refractivity contribution in [2.45, 2.75) is 6.54 Å². The molecule has 0 aliphatic rings. The summed E-state index contributed by atoms with van der Waals surface area (Å²) in [4.78, 5) is 4.10. The Labute approximate surface area is 117 Å². The lowest BCUT2D eigenvalue weighted by Gasteiger charge is -2.12. The minimum absolute atomic E-state index is 0.256. The molecule has 0 atom stereocenters. The number of rotatable bonds is 6. The fourth-order valence-electron chi connectivity index (χ4n) is 1.50. The maximum atomic E-state index is 13.5. The molecule has 2 N–H and O–H groups in total. The summed E-state index contributed by atoms with van der Waals surface area (Å²) < 4.78 is 18.4. The zero-order valence-electron chi connectivity index (χ0n) is 11.5. The molecule has 0 aliphatic heterocycles. The van der Waals surface area contributed by atoms with Gasteiger partial charge in [-0.25, -0.2) is 4.39 Å². The van der Waals surface area contributed by atoms with Crippen molar-refractivity contribution in [3.63, 3.8) is 0 Å². The fraction of sp³-hybridized carbons (Fsp3) is 0.462. The van der Waals surface area contributed by atoms with Crippen molar-refractivity contribution in [2.75, 3.05) is 32.7 Å². The third-order valence-corrected chi connectivity index (χ3v) is 3.11. The maximum absolute atomic E-state index is 13.5. The standard InChI is InChI=1S/C13H20FN3OS/c1-15-13(16-6-7-19-3)17-9-10-4-5-12(18-2)11(14)8-10/h4-5,8H,6-7,9H2,1-3H3,(H2,15,16,17). The van der Waals surface area contributed by atoms with Gasteiger partial charge in [-0.3, -0.25) is 4.99 Å². The SMILES string of the molecule is CN=C(NCCSC)NCc1ccc(OC)c(F)c1. The molecule has 0 amide bonds. The van der Waals surface area contributed by atoms with Gasteiger partial charge < -0.3 is 15.4 Å². The fourth-order valence-corrected chi connectivity index (χ4v) is 1.80. The Morgan fingerprint density at radius 3 is 2.79 bits per heavy atom. The quantitative estimate of drug-likeness (QED) is 0.476. The lowest BCUT2D eigenvalue weighted by atomic mass is 10.2. The highest BCUT2D eigenvalue weighted by molar-refractivity contribution is 7.98. The number of ether oxygens (including phenoxy) is 1. The minimum atomic E-state index is -0.355. The van der Waals surface area contributed by atoms with Gasteiger partial charge in [0.2, 0.25) is 0 Å². The van der Waals surface area contributed by atoms with Gasteiger partial charge >= 0.3 is 0 Å². The number of thioether (sulfide) groups is 1. The van der Waals surface area contributed by atoms with Crippen molar-refractivity contribution in [1.82, 2.24) is 10.6 Å². The van der Waals surface area contributed by atoms with Crippen molar-refractivity contribution in [3.8, 4) is 5.75 Å². The van der Waals surface area contributed by atoms with Crippen molar-refractivity contribution in [2.24, 2.45) is 4.99 Å². The largest absolute Gasteiger partial charge is 0.494 e. The second-order valence-corrected chi connectivity index (χ2v) is 4.80. The van der Waals surface area contributed by atoms with Gasteiger partial charge in [-0.05, 0) is 24.0 Å². The molecule has 106 valence electrons. The number of hydrogen-bond donors (Lipinski definition) is 2. The average molecular weight is 285 g/mol. The van der Waals surface area contributed by atoms with E-state index in [0.29, 0.717) is 12.5 Å². The van der Waals surface area contributed by atoms with Crippen LogP contribution in [0, 0.1) is 5.82 Å². The first-order valence-electron chi connectivity index (χ1n) is 5.97. The van der Waals surface area contributed by atoms with Gasteiger partial charge in [0.1, 0.15) is 0 Å². The van der Waals surface area contributed by atoms with Gasteiger partial charge in [0.25, 0.3) is 0 Å². The van der Waals surface area contributed by atoms with E-state index in [1.807, 2.05) is 6.07 Å². The summed E-state index contributed by atoms with van der Waals surface area (Å²) in [6.07, 6.45) is 2.05. The van der Waals surface area contributed by atoms with E-state index in [2.05, 4.69) is 21.9 Å². The van der Waals surface area contributed by atoms with Crippen molar-refractivity contribution >= 4 is 17.7 Å². The molecule has 0 unspecified atom stereocenters. The lowest BCUT2D eigenvalue weighted by Crippen LogP contribution is -2.37. The molecular weight excluding hydrogens is 265 g/mol. The number of hydrogen-bond acceptors (Lipinski definition) is 3. The predicted octanol–water partition coefficient (Wildman–Crippen LogP) is 1.86. The normalized spacial score (nSPS) is 11.3. The number of nitrogens with one attached hydrogen (secondary N) is 2. The highest BCUT2D eigenvalue weighted by Gasteiger charge is 2.04. The molecule has 0 saturated heterocycles. The molecule has 0 heterocycles. The van der Waals surface area contributed by atoms with Crippen LogP contribution in [0.5, 0.6) is 5.75 Å². The first-order valence-corrected chi connectivity index (χ1v) is 7.36. The Balaban J connectivity index is 2.48. The molecule has 1 aromatic carbocycles. The zero-order chi connectivity index (χ0) is 14.1. The highest BCUT2D eigenvalue weighted by atomic mass is 32.2. The van der Waals surface area contributed by atoms with Crippen LogP contribution in [0.4, 0.5) is 4.39 Å². The van der Waals surface area contributed by atoms with Crippen molar-refractivity contribution in [3.05, 3.63) is 29.6 Å². The van der Waals surface area contributed by atoms with Gasteiger partial charge in [-0.1, -0.05) is 6.07 Å². The maximum Gasteiger partial charge on any atom is 0.191 e. The van der Waals surface area contributed by atoms with Gasteiger partial charge in [-0.2, -0.15) is 11.8 Å². The number of guanidine groups is 1. The van der Waals surface area contributed by atoms with E-state index >= 15 is 0 Å². The molecule has 0 aromatic heterocycles. The molecule has 1 rings (SSSR count). The van der Waals surface area contributed by atoms with Crippen LogP contribution in [0.3, 0.4) is 0 Å². The minimum Gasteiger partial charge on any atom is -0.494 e. The van der Waals surface area contributed by atoms with Gasteiger partial charge in [-0.15, -0.1) is 0 Å². The molecular formula is C13H20FN3OS. The Kier molecular flexibility index (Phi) is 7.10. The summed E-state index contributed by atoms with van der Waals surface area (Å²) in [7, 11) is 3.16. The summed E-state index contributed by atoms with van der Waals surface area (Å²) in [5.74, 6) is 1.63. The Morgan fingerprint density at radius 1 is 1.42 bits per heavy atom. The topological polar surface area (TPSA) is 45.7 Å². The van der Waals surface area contributed by atoms with Crippen LogP contribution in [0.1, 0.15) is 5.56 Å². The van der Waals surface area contributed by atoms with Crippen LogP contribution in [-0.2, 0) is 6.54 Å². The van der Waals surface area contributed by atoms with E-state index < -0.39 is 0 Å². The van der Waals surface area contributed by atoms with E-state index in [1.54, 1.807) is 24.9 Å². The van der Waals surface area contributed by atoms with Crippen LogP contribution < -0.4 is 15.4 Å². The molecule has 0 aliphatic carbocycles. The van der Waals surface area contributed by atoms with Crippen LogP contribution >= 0.6 is 11.8 Å². The molecule has 0 spiro atoms. The Bertz CT molecular complexity index is 426. The number of methoxy groups -OCH3 is 1. The second-order valence-electron chi connectivity index (χ2n) is 3.81. The van der Waals surface area contributed by atoms with Gasteiger partial charge in [0.05, 0.1) is 7.11 Å². The molecule has 1 aromatic rings. The first kappa shape index (κ1) is 15.6. The highest BCUT2D eigenvalue weighted by Crippen LogP contribution is 2.17. The smallest absolute Gasteiger partial charge is 0.191 e. The third-order valence-electron chi connectivity index (χ3n) is 2.50. The summed E-state index contributed by atoms with van der Waals surface area (Å²) in [5.41, 5.74) is 0.839. The number of halogens is 1. The van der Waals surface area contributed by atoms with Crippen molar-refractivity contribution < 1.29 is 9.13 Å². The van der Waals surface area contributed by atoms with Crippen LogP contribution in [0.25, 0.3) is 0 Å². The van der Waals surface area contributed by atoms with E-state index in [-0.39, 0.29) is 11.6 Å². The molecule has 6 heteroatoms. The summed E-state index contributed by atoms with van der Waals surface area (Å²) in [6.45, 7) is 1.36. The lowest BCUT2D eigenvalue weighted by molar-refractivity contribution is 0.386. The molecule has 0 saturated carbocycles. The summed E-state index contributed by atoms with van der Waals surface area (Å²) in [5, 5.41) is 6.31. The van der Waals surface area contributed by atoms with Crippen LogP contribution in [0.15, 0.2) is 23.2 Å². The van der Waals surface area contributed by atoms with E-state index in [0.717, 1.165) is 17.9 Å². The average Bonchev–Trinajstić information content (AvgIpc) is 2.43. The summed E-state index contributed by atoms with van der Waals surface area (Å²) >= 11 is 1.77. The molecule has 0 fully saturated rings. The number of benzene rings is 1. The van der Waals surface area contributed by atoms with E-state index in [9.17, 15) is 4.39 Å². The Hall–Kier alpha value is -1.43.